The van der Waals surface area contributed by atoms with E-state index in [0.29, 0.717) is 41.2 Å². The number of alkyl halides is 3. The van der Waals surface area contributed by atoms with Crippen LogP contribution in [0.25, 0.3) is 21.3 Å². The molecule has 4 aromatic rings. The summed E-state index contributed by atoms with van der Waals surface area (Å²) in [5.41, 5.74) is 3.09. The van der Waals surface area contributed by atoms with E-state index >= 15 is 0 Å². The van der Waals surface area contributed by atoms with Gasteiger partial charge < -0.3 is 20.1 Å². The lowest BCUT2D eigenvalue weighted by molar-refractivity contribution is -0.126. The number of anilines is 1. The number of aliphatic hydroxyl groups is 1. The fraction of sp³-hybridized carbons (Fsp3) is 0.370. The van der Waals surface area contributed by atoms with Gasteiger partial charge in [0.2, 0.25) is 0 Å². The molecule has 2 N–H and O–H groups in total. The van der Waals surface area contributed by atoms with Crippen LogP contribution in [0.1, 0.15) is 23.3 Å². The normalized spacial score (nSPS) is 19.7. The molecule has 1 fully saturated rings. The Morgan fingerprint density at radius 3 is 2.63 bits per heavy atom. The van der Waals surface area contributed by atoms with Crippen LogP contribution in [0.3, 0.4) is 0 Å². The number of methoxy groups -OCH3 is 1. The van der Waals surface area contributed by atoms with Gasteiger partial charge in [-0.3, -0.25) is 4.98 Å². The van der Waals surface area contributed by atoms with E-state index in [0.717, 1.165) is 28.0 Å². The number of aliphatic hydroxyl groups excluding tert-OH is 1. The smallest absolute Gasteiger partial charge is 0.393 e. The Labute approximate surface area is 222 Å². The number of hydrogen-bond acceptors (Lipinski definition) is 8. The van der Waals surface area contributed by atoms with Crippen molar-refractivity contribution in [3.63, 3.8) is 0 Å². The summed E-state index contributed by atoms with van der Waals surface area (Å²) in [7, 11) is 3.48. The number of halogens is 3. The zero-order valence-corrected chi connectivity index (χ0v) is 21.8. The number of nitrogens with zero attached hydrogens (tertiary/aromatic N) is 4. The summed E-state index contributed by atoms with van der Waals surface area (Å²) >= 11 is 1.04. The molecule has 38 heavy (non-hydrogen) atoms. The number of ether oxygens (including phenoxy) is 1. The van der Waals surface area contributed by atoms with Crippen molar-refractivity contribution in [1.29, 1.82) is 0 Å². The Hall–Kier alpha value is -3.28. The molecule has 3 aromatic heterocycles. The predicted octanol–water partition coefficient (Wildman–Crippen LogP) is 4.98. The maximum Gasteiger partial charge on any atom is 0.393 e. The average molecular weight is 544 g/mol. The Kier molecular flexibility index (Phi) is 7.51. The minimum absolute atomic E-state index is 0.0190. The summed E-state index contributed by atoms with van der Waals surface area (Å²) in [6.07, 6.45) is 0.235. The summed E-state index contributed by atoms with van der Waals surface area (Å²) in [5, 5.41) is 14.8. The van der Waals surface area contributed by atoms with Gasteiger partial charge in [-0.1, -0.05) is 24.3 Å². The van der Waals surface area contributed by atoms with Crippen LogP contribution in [-0.4, -0.2) is 58.6 Å². The standard InChI is InChI=1S/C27H28F3N5O2S/c1-35(25-22-10-21(11-27(28,29)30)38-26(22)34-15-33-25)19-8-23(24(36)9-19)32-12-16-3-5-17(6-4-16)18-7-20(37-2)14-31-13-18/h3-7,10,13-15,19,23-24,32,36H,8-9,11-12H2,1-2H3. The second-order valence-electron chi connectivity index (χ2n) is 9.52. The third-order valence-electron chi connectivity index (χ3n) is 6.92. The summed E-state index contributed by atoms with van der Waals surface area (Å²) < 4.78 is 44.0. The highest BCUT2D eigenvalue weighted by Crippen LogP contribution is 2.36. The van der Waals surface area contributed by atoms with Crippen LogP contribution in [0, 0.1) is 0 Å². The zero-order valence-electron chi connectivity index (χ0n) is 20.9. The predicted molar refractivity (Wildman–Crippen MR) is 141 cm³/mol. The van der Waals surface area contributed by atoms with Gasteiger partial charge in [-0.25, -0.2) is 9.97 Å². The van der Waals surface area contributed by atoms with E-state index in [9.17, 15) is 18.3 Å². The monoisotopic (exact) mass is 543 g/mol. The van der Waals surface area contributed by atoms with Crippen molar-refractivity contribution >= 4 is 27.4 Å². The fourth-order valence-corrected chi connectivity index (χ4v) is 5.93. The largest absolute Gasteiger partial charge is 0.495 e. The van der Waals surface area contributed by atoms with E-state index in [1.807, 2.05) is 42.3 Å². The van der Waals surface area contributed by atoms with E-state index in [-0.39, 0.29) is 17.0 Å². The van der Waals surface area contributed by atoms with E-state index < -0.39 is 18.7 Å². The van der Waals surface area contributed by atoms with Gasteiger partial charge in [0, 0.05) is 42.3 Å². The number of hydrogen-bond donors (Lipinski definition) is 2. The maximum atomic E-state index is 12.9. The quantitative estimate of drug-likeness (QED) is 0.324. The molecule has 1 aromatic carbocycles. The molecule has 7 nitrogen and oxygen atoms in total. The molecule has 0 amide bonds. The lowest BCUT2D eigenvalue weighted by Gasteiger charge is -2.26. The van der Waals surface area contributed by atoms with Crippen molar-refractivity contribution in [2.45, 2.75) is 50.2 Å². The highest BCUT2D eigenvalue weighted by molar-refractivity contribution is 7.18. The number of thiophene rings is 1. The van der Waals surface area contributed by atoms with Crippen LogP contribution < -0.4 is 15.0 Å². The van der Waals surface area contributed by atoms with Gasteiger partial charge in [-0.15, -0.1) is 11.3 Å². The second kappa shape index (κ2) is 10.8. The average Bonchev–Trinajstić information content (AvgIpc) is 3.48. The van der Waals surface area contributed by atoms with Gasteiger partial charge >= 0.3 is 6.18 Å². The Morgan fingerprint density at radius 2 is 1.89 bits per heavy atom. The molecule has 0 bridgehead atoms. The third-order valence-corrected chi connectivity index (χ3v) is 7.97. The molecule has 3 heterocycles. The number of benzene rings is 1. The van der Waals surface area contributed by atoms with E-state index in [1.54, 1.807) is 19.5 Å². The Morgan fingerprint density at radius 1 is 1.11 bits per heavy atom. The first-order valence-electron chi connectivity index (χ1n) is 12.2. The van der Waals surface area contributed by atoms with Gasteiger partial charge in [0.25, 0.3) is 0 Å². The van der Waals surface area contributed by atoms with Crippen LogP contribution in [0.5, 0.6) is 5.75 Å². The molecule has 3 unspecified atom stereocenters. The molecule has 1 aliphatic rings. The fourth-order valence-electron chi connectivity index (χ4n) is 4.91. The molecule has 200 valence electrons. The molecule has 11 heteroatoms. The highest BCUT2D eigenvalue weighted by Gasteiger charge is 2.36. The number of aromatic nitrogens is 3. The van der Waals surface area contributed by atoms with Gasteiger partial charge in [0.15, 0.2) is 0 Å². The lowest BCUT2D eigenvalue weighted by atomic mass is 10.1. The molecule has 5 rings (SSSR count). The van der Waals surface area contributed by atoms with Crippen LogP contribution in [-0.2, 0) is 13.0 Å². The number of pyridine rings is 1. The van der Waals surface area contributed by atoms with E-state index in [1.165, 1.54) is 12.4 Å². The first-order valence-corrected chi connectivity index (χ1v) is 13.0. The number of rotatable bonds is 8. The summed E-state index contributed by atoms with van der Waals surface area (Å²) in [4.78, 5) is 15.4. The zero-order chi connectivity index (χ0) is 26.9. The van der Waals surface area contributed by atoms with Crippen LogP contribution >= 0.6 is 11.3 Å². The molecule has 1 aliphatic carbocycles. The molecule has 1 saturated carbocycles. The molecular formula is C27H28F3N5O2S. The summed E-state index contributed by atoms with van der Waals surface area (Å²) in [6, 6.07) is 11.5. The third kappa shape index (κ3) is 5.90. The molecule has 0 spiro atoms. The van der Waals surface area contributed by atoms with Crippen LogP contribution in [0.2, 0.25) is 0 Å². The molecule has 3 atom stereocenters. The summed E-state index contributed by atoms with van der Waals surface area (Å²) in [6.45, 7) is 0.595. The molecular weight excluding hydrogens is 515 g/mol. The van der Waals surface area contributed by atoms with E-state index in [2.05, 4.69) is 20.3 Å². The lowest BCUT2D eigenvalue weighted by Crippen LogP contribution is -2.35. The van der Waals surface area contributed by atoms with Crippen molar-refractivity contribution < 1.29 is 23.0 Å². The van der Waals surface area contributed by atoms with Crippen molar-refractivity contribution in [1.82, 2.24) is 20.3 Å². The number of fused-ring (bicyclic) bond motifs is 1. The molecule has 0 radical (unpaired) electrons. The SMILES string of the molecule is COc1cncc(-c2ccc(CNC3CC(N(C)c4ncnc5sc(CC(F)(F)F)cc45)CC3O)cc2)c1. The topological polar surface area (TPSA) is 83.4 Å². The van der Waals surface area contributed by atoms with Crippen molar-refractivity contribution in [2.75, 3.05) is 19.1 Å². The first-order chi connectivity index (χ1) is 18.2. The molecule has 0 aliphatic heterocycles. The van der Waals surface area contributed by atoms with Crippen molar-refractivity contribution in [2.24, 2.45) is 0 Å². The molecule has 0 saturated heterocycles. The van der Waals surface area contributed by atoms with Gasteiger partial charge in [0.05, 0.1) is 31.2 Å². The van der Waals surface area contributed by atoms with Crippen LogP contribution in [0.15, 0.2) is 55.1 Å². The van der Waals surface area contributed by atoms with Crippen LogP contribution in [0.4, 0.5) is 19.0 Å². The maximum absolute atomic E-state index is 12.9. The minimum Gasteiger partial charge on any atom is -0.495 e. The Bertz CT molecular complexity index is 1400. The number of nitrogens with one attached hydrogen (secondary N) is 1. The van der Waals surface area contributed by atoms with Crippen molar-refractivity contribution in [3.05, 3.63) is 65.6 Å². The van der Waals surface area contributed by atoms with Gasteiger partial charge in [0.1, 0.15) is 22.7 Å². The minimum atomic E-state index is -4.28. The van der Waals surface area contributed by atoms with Gasteiger partial charge in [-0.05, 0) is 36.1 Å². The Balaban J connectivity index is 1.22. The van der Waals surface area contributed by atoms with Gasteiger partial charge in [-0.2, -0.15) is 13.2 Å². The first kappa shape index (κ1) is 26.3. The van der Waals surface area contributed by atoms with Crippen molar-refractivity contribution in [3.8, 4) is 16.9 Å². The highest BCUT2D eigenvalue weighted by atomic mass is 32.1. The van der Waals surface area contributed by atoms with E-state index in [4.69, 9.17) is 4.74 Å². The summed E-state index contributed by atoms with van der Waals surface area (Å²) in [5.74, 6) is 1.28. The second-order valence-corrected chi connectivity index (χ2v) is 10.6.